The number of alkyl halides is 1. The third kappa shape index (κ3) is 2.81. The van der Waals surface area contributed by atoms with Crippen LogP contribution in [-0.2, 0) is 0 Å². The zero-order chi connectivity index (χ0) is 11.5. The van der Waals surface area contributed by atoms with Crippen molar-refractivity contribution in [2.24, 2.45) is 0 Å². The van der Waals surface area contributed by atoms with E-state index in [0.717, 1.165) is 22.0 Å². The van der Waals surface area contributed by atoms with E-state index >= 15 is 0 Å². The lowest BCUT2D eigenvalue weighted by Crippen LogP contribution is -1.84. The number of hydrogen-bond acceptors (Lipinski definition) is 3. The molecule has 0 aliphatic rings. The molecule has 1 aromatic heterocycles. The summed E-state index contributed by atoms with van der Waals surface area (Å²) in [5.74, 6) is 0. The summed E-state index contributed by atoms with van der Waals surface area (Å²) in [7, 11) is 0. The van der Waals surface area contributed by atoms with Gasteiger partial charge in [-0.15, -0.1) is 10.2 Å². The highest BCUT2D eigenvalue weighted by Crippen LogP contribution is 2.32. The molecular formula is C11H10BrIN2S. The summed E-state index contributed by atoms with van der Waals surface area (Å²) in [6.07, 6.45) is 1.03. The van der Waals surface area contributed by atoms with Crippen LogP contribution in [0.1, 0.15) is 23.2 Å². The SMILES string of the molecule is CCC(Br)c1nnc(-c2ccc(I)cc2)s1. The lowest BCUT2D eigenvalue weighted by Gasteiger charge is -1.98. The van der Waals surface area contributed by atoms with E-state index in [0.29, 0.717) is 4.83 Å². The lowest BCUT2D eigenvalue weighted by molar-refractivity contribution is 0.870. The maximum atomic E-state index is 4.22. The van der Waals surface area contributed by atoms with Crippen LogP contribution in [0.4, 0.5) is 0 Å². The summed E-state index contributed by atoms with van der Waals surface area (Å²) < 4.78 is 1.23. The van der Waals surface area contributed by atoms with Crippen molar-refractivity contribution in [2.45, 2.75) is 18.2 Å². The molecule has 0 spiro atoms. The van der Waals surface area contributed by atoms with Crippen molar-refractivity contribution in [1.29, 1.82) is 0 Å². The van der Waals surface area contributed by atoms with Crippen LogP contribution < -0.4 is 0 Å². The Morgan fingerprint density at radius 2 is 2.00 bits per heavy atom. The van der Waals surface area contributed by atoms with E-state index in [1.54, 1.807) is 11.3 Å². The minimum Gasteiger partial charge on any atom is -0.142 e. The van der Waals surface area contributed by atoms with Crippen molar-refractivity contribution in [3.63, 3.8) is 0 Å². The van der Waals surface area contributed by atoms with Gasteiger partial charge in [0.2, 0.25) is 0 Å². The van der Waals surface area contributed by atoms with E-state index in [1.807, 2.05) is 0 Å². The van der Waals surface area contributed by atoms with Crippen LogP contribution in [0, 0.1) is 3.57 Å². The highest BCUT2D eigenvalue weighted by atomic mass is 127. The molecule has 0 aliphatic carbocycles. The minimum absolute atomic E-state index is 0.322. The molecule has 1 aromatic carbocycles. The average Bonchev–Trinajstić information content (AvgIpc) is 2.78. The lowest BCUT2D eigenvalue weighted by atomic mass is 10.2. The standard InChI is InChI=1S/C11H10BrIN2S/c1-2-9(12)11-15-14-10(16-11)7-3-5-8(13)6-4-7/h3-6,9H,2H2,1H3. The van der Waals surface area contributed by atoms with E-state index in [4.69, 9.17) is 0 Å². The Morgan fingerprint density at radius 1 is 1.31 bits per heavy atom. The predicted molar refractivity (Wildman–Crippen MR) is 80.0 cm³/mol. The predicted octanol–water partition coefficient (Wildman–Crippen LogP) is 4.66. The van der Waals surface area contributed by atoms with Crippen molar-refractivity contribution >= 4 is 49.9 Å². The molecule has 2 rings (SSSR count). The molecular weight excluding hydrogens is 399 g/mol. The third-order valence-electron chi connectivity index (χ3n) is 2.16. The van der Waals surface area contributed by atoms with Crippen LogP contribution in [-0.4, -0.2) is 10.2 Å². The number of halogens is 2. The second kappa shape index (κ2) is 5.55. The molecule has 0 bridgehead atoms. The molecule has 0 saturated carbocycles. The van der Waals surface area contributed by atoms with E-state index in [-0.39, 0.29) is 0 Å². The molecule has 0 fully saturated rings. The van der Waals surface area contributed by atoms with Gasteiger partial charge in [-0.05, 0) is 41.1 Å². The fraction of sp³-hybridized carbons (Fsp3) is 0.273. The van der Waals surface area contributed by atoms with Crippen LogP contribution >= 0.6 is 49.9 Å². The fourth-order valence-corrected chi connectivity index (χ4v) is 2.89. The van der Waals surface area contributed by atoms with Crippen LogP contribution in [0.5, 0.6) is 0 Å². The molecule has 0 aliphatic heterocycles. The van der Waals surface area contributed by atoms with Gasteiger partial charge in [-0.3, -0.25) is 0 Å². The zero-order valence-electron chi connectivity index (χ0n) is 8.65. The van der Waals surface area contributed by atoms with E-state index in [9.17, 15) is 0 Å². The van der Waals surface area contributed by atoms with Gasteiger partial charge >= 0.3 is 0 Å². The first-order valence-electron chi connectivity index (χ1n) is 4.94. The number of aromatic nitrogens is 2. The molecule has 5 heteroatoms. The van der Waals surface area contributed by atoms with E-state index in [1.165, 1.54) is 3.57 Å². The molecule has 2 nitrogen and oxygen atoms in total. The molecule has 1 heterocycles. The van der Waals surface area contributed by atoms with Gasteiger partial charge < -0.3 is 0 Å². The first-order chi connectivity index (χ1) is 7.70. The summed E-state index contributed by atoms with van der Waals surface area (Å²) in [6.45, 7) is 2.13. The number of nitrogens with zero attached hydrogens (tertiary/aromatic N) is 2. The Hall–Kier alpha value is -0.0100. The fourth-order valence-electron chi connectivity index (χ4n) is 1.24. The largest absolute Gasteiger partial charge is 0.147 e. The van der Waals surface area contributed by atoms with Gasteiger partial charge in [0.25, 0.3) is 0 Å². The molecule has 0 radical (unpaired) electrons. The monoisotopic (exact) mass is 408 g/mol. The minimum atomic E-state index is 0.322. The highest BCUT2D eigenvalue weighted by molar-refractivity contribution is 14.1. The van der Waals surface area contributed by atoms with Crippen LogP contribution in [0.25, 0.3) is 10.6 Å². The molecule has 16 heavy (non-hydrogen) atoms. The molecule has 0 N–H and O–H groups in total. The smallest absolute Gasteiger partial charge is 0.142 e. The average molecular weight is 409 g/mol. The Balaban J connectivity index is 2.28. The molecule has 84 valence electrons. The second-order valence-corrected chi connectivity index (χ2v) is 6.69. The quantitative estimate of drug-likeness (QED) is 0.545. The maximum Gasteiger partial charge on any atom is 0.147 e. The van der Waals surface area contributed by atoms with Crippen molar-refractivity contribution in [2.75, 3.05) is 0 Å². The molecule has 0 amide bonds. The van der Waals surface area contributed by atoms with Crippen LogP contribution in [0.3, 0.4) is 0 Å². The zero-order valence-corrected chi connectivity index (χ0v) is 13.2. The van der Waals surface area contributed by atoms with Crippen molar-refractivity contribution in [3.8, 4) is 10.6 Å². The second-order valence-electron chi connectivity index (χ2n) is 3.33. The topological polar surface area (TPSA) is 25.8 Å². The molecule has 1 atom stereocenters. The summed E-state index contributed by atoms with van der Waals surface area (Å²) in [4.78, 5) is 0.322. The van der Waals surface area contributed by atoms with Gasteiger partial charge in [-0.25, -0.2) is 0 Å². The summed E-state index contributed by atoms with van der Waals surface area (Å²) >= 11 is 7.54. The van der Waals surface area contributed by atoms with Gasteiger partial charge in [0.05, 0.1) is 4.83 Å². The maximum absolute atomic E-state index is 4.22. The van der Waals surface area contributed by atoms with Gasteiger partial charge in [-0.1, -0.05) is 46.3 Å². The Morgan fingerprint density at radius 3 is 2.62 bits per heavy atom. The van der Waals surface area contributed by atoms with Gasteiger partial charge in [0.15, 0.2) is 0 Å². The van der Waals surface area contributed by atoms with Crippen molar-refractivity contribution in [1.82, 2.24) is 10.2 Å². The summed E-state index contributed by atoms with van der Waals surface area (Å²) in [5, 5.41) is 10.5. The van der Waals surface area contributed by atoms with Crippen molar-refractivity contribution < 1.29 is 0 Å². The molecule has 2 aromatic rings. The Kier molecular flexibility index (Phi) is 4.32. The summed E-state index contributed by atoms with van der Waals surface area (Å²) in [5.41, 5.74) is 1.14. The number of benzene rings is 1. The molecule has 0 saturated heterocycles. The summed E-state index contributed by atoms with van der Waals surface area (Å²) in [6, 6.07) is 8.34. The number of rotatable bonds is 3. The van der Waals surface area contributed by atoms with Crippen LogP contribution in [0.2, 0.25) is 0 Å². The van der Waals surface area contributed by atoms with Crippen LogP contribution in [0.15, 0.2) is 24.3 Å². The third-order valence-corrected chi connectivity index (χ3v) is 5.35. The first-order valence-corrected chi connectivity index (χ1v) is 7.75. The van der Waals surface area contributed by atoms with Gasteiger partial charge in [0, 0.05) is 9.13 Å². The van der Waals surface area contributed by atoms with Gasteiger partial charge in [0.1, 0.15) is 10.0 Å². The van der Waals surface area contributed by atoms with E-state index in [2.05, 4.69) is 79.9 Å². The Labute approximate surface area is 121 Å². The van der Waals surface area contributed by atoms with E-state index < -0.39 is 0 Å². The van der Waals surface area contributed by atoms with Gasteiger partial charge in [-0.2, -0.15) is 0 Å². The first kappa shape index (κ1) is 12.4. The normalized spacial score (nSPS) is 12.7. The van der Waals surface area contributed by atoms with Crippen molar-refractivity contribution in [3.05, 3.63) is 32.8 Å². The molecule has 1 unspecified atom stereocenters. The highest BCUT2D eigenvalue weighted by Gasteiger charge is 2.12. The number of hydrogen-bond donors (Lipinski definition) is 0. The Bertz CT molecular complexity index is 469.